The van der Waals surface area contributed by atoms with Crippen molar-refractivity contribution in [3.8, 4) is 0 Å². The molecule has 0 N–H and O–H groups in total. The second kappa shape index (κ2) is 4.11. The van der Waals surface area contributed by atoms with Gasteiger partial charge in [0.1, 0.15) is 0 Å². The normalized spacial score (nSPS) is 17.8. The second-order valence-electron chi connectivity index (χ2n) is 5.29. The van der Waals surface area contributed by atoms with Gasteiger partial charge in [0.05, 0.1) is 6.20 Å². The van der Waals surface area contributed by atoms with Crippen LogP contribution in [0.5, 0.6) is 0 Å². The Bertz CT molecular complexity index is 511. The molecule has 4 nitrogen and oxygen atoms in total. The molecule has 0 aromatic carbocycles. The van der Waals surface area contributed by atoms with Gasteiger partial charge in [-0.3, -0.25) is 4.90 Å². The monoisotopic (exact) mass is 230 g/mol. The smallest absolute Gasteiger partial charge is 0.154 e. The van der Waals surface area contributed by atoms with Crippen LogP contribution in [-0.2, 0) is 6.54 Å². The number of rotatable bonds is 3. The van der Waals surface area contributed by atoms with E-state index < -0.39 is 0 Å². The van der Waals surface area contributed by atoms with E-state index in [2.05, 4.69) is 35.0 Å². The third-order valence-corrected chi connectivity index (χ3v) is 3.63. The van der Waals surface area contributed by atoms with Crippen LogP contribution in [0.3, 0.4) is 0 Å². The summed E-state index contributed by atoms with van der Waals surface area (Å²) in [4.78, 5) is 6.85. The highest BCUT2D eigenvalue weighted by molar-refractivity contribution is 5.35. The van der Waals surface area contributed by atoms with Crippen LogP contribution in [0.25, 0.3) is 5.65 Å². The first-order valence-electron chi connectivity index (χ1n) is 6.23. The van der Waals surface area contributed by atoms with Crippen LogP contribution in [0, 0.1) is 11.8 Å². The first-order chi connectivity index (χ1) is 8.22. The van der Waals surface area contributed by atoms with Crippen molar-refractivity contribution in [2.24, 2.45) is 11.8 Å². The summed E-state index contributed by atoms with van der Waals surface area (Å²) in [5.74, 6) is 1.68. The van der Waals surface area contributed by atoms with Crippen molar-refractivity contribution in [1.82, 2.24) is 19.5 Å². The fourth-order valence-corrected chi connectivity index (χ4v) is 2.35. The van der Waals surface area contributed by atoms with Crippen LogP contribution in [-0.4, -0.2) is 32.6 Å². The fraction of sp³-hybridized carbons (Fsp3) is 0.538. The summed E-state index contributed by atoms with van der Waals surface area (Å²) >= 11 is 0. The molecule has 1 fully saturated rings. The molecule has 1 saturated heterocycles. The Labute approximate surface area is 101 Å². The zero-order chi connectivity index (χ0) is 11.8. The molecule has 0 bridgehead atoms. The van der Waals surface area contributed by atoms with Crippen molar-refractivity contribution in [2.45, 2.75) is 20.4 Å². The Balaban J connectivity index is 1.66. The van der Waals surface area contributed by atoms with Gasteiger partial charge in [-0.1, -0.05) is 13.8 Å². The van der Waals surface area contributed by atoms with Gasteiger partial charge in [0.25, 0.3) is 0 Å². The SMILES string of the molecule is CC(C)C1CN(Cc2cnc3ccnn3c2)C1. The quantitative estimate of drug-likeness (QED) is 0.806. The van der Waals surface area contributed by atoms with E-state index in [0.29, 0.717) is 0 Å². The summed E-state index contributed by atoms with van der Waals surface area (Å²) in [5, 5.41) is 4.21. The zero-order valence-corrected chi connectivity index (χ0v) is 10.4. The van der Waals surface area contributed by atoms with Gasteiger partial charge in [-0.25, -0.2) is 9.50 Å². The molecular weight excluding hydrogens is 212 g/mol. The van der Waals surface area contributed by atoms with Crippen molar-refractivity contribution >= 4 is 5.65 Å². The van der Waals surface area contributed by atoms with E-state index >= 15 is 0 Å². The van der Waals surface area contributed by atoms with Gasteiger partial charge < -0.3 is 0 Å². The van der Waals surface area contributed by atoms with E-state index in [-0.39, 0.29) is 0 Å². The number of hydrogen-bond donors (Lipinski definition) is 0. The van der Waals surface area contributed by atoms with E-state index in [1.165, 1.54) is 18.7 Å². The third-order valence-electron chi connectivity index (χ3n) is 3.63. The van der Waals surface area contributed by atoms with Gasteiger partial charge in [-0.05, 0) is 11.8 Å². The van der Waals surface area contributed by atoms with Crippen molar-refractivity contribution in [3.63, 3.8) is 0 Å². The molecule has 0 saturated carbocycles. The Morgan fingerprint density at radius 2 is 2.24 bits per heavy atom. The standard InChI is InChI=1S/C13H18N4/c1-10(2)12-8-16(9-12)6-11-5-14-13-3-4-15-17(13)7-11/h3-5,7,10,12H,6,8-9H2,1-2H3. The molecule has 3 rings (SSSR count). The largest absolute Gasteiger partial charge is 0.298 e. The van der Waals surface area contributed by atoms with E-state index in [1.807, 2.05) is 16.8 Å². The van der Waals surface area contributed by atoms with Gasteiger partial charge in [0.15, 0.2) is 5.65 Å². The average Bonchev–Trinajstić information content (AvgIpc) is 2.69. The molecule has 1 aliphatic heterocycles. The lowest BCUT2D eigenvalue weighted by atomic mass is 9.88. The maximum absolute atomic E-state index is 4.38. The van der Waals surface area contributed by atoms with Crippen LogP contribution in [0.2, 0.25) is 0 Å². The highest BCUT2D eigenvalue weighted by Gasteiger charge is 2.28. The molecule has 0 unspecified atom stereocenters. The maximum atomic E-state index is 4.38. The number of hydrogen-bond acceptors (Lipinski definition) is 3. The number of aromatic nitrogens is 3. The molecule has 0 amide bonds. The minimum absolute atomic E-state index is 0.804. The van der Waals surface area contributed by atoms with Gasteiger partial charge in [0.2, 0.25) is 0 Å². The molecule has 17 heavy (non-hydrogen) atoms. The lowest BCUT2D eigenvalue weighted by Gasteiger charge is -2.41. The van der Waals surface area contributed by atoms with Crippen molar-refractivity contribution in [1.29, 1.82) is 0 Å². The van der Waals surface area contributed by atoms with Crippen molar-refractivity contribution in [3.05, 3.63) is 30.2 Å². The van der Waals surface area contributed by atoms with Crippen LogP contribution in [0.1, 0.15) is 19.4 Å². The van der Waals surface area contributed by atoms with Gasteiger partial charge >= 0.3 is 0 Å². The average molecular weight is 230 g/mol. The molecule has 3 heterocycles. The second-order valence-corrected chi connectivity index (χ2v) is 5.29. The van der Waals surface area contributed by atoms with E-state index in [4.69, 9.17) is 0 Å². The summed E-state index contributed by atoms with van der Waals surface area (Å²) in [5.41, 5.74) is 2.15. The molecule has 4 heteroatoms. The lowest BCUT2D eigenvalue weighted by molar-refractivity contribution is 0.0612. The summed E-state index contributed by atoms with van der Waals surface area (Å²) in [7, 11) is 0. The summed E-state index contributed by atoms with van der Waals surface area (Å²) in [6, 6.07) is 1.92. The third kappa shape index (κ3) is 2.05. The molecule has 90 valence electrons. The van der Waals surface area contributed by atoms with E-state index in [1.54, 1.807) is 6.20 Å². The summed E-state index contributed by atoms with van der Waals surface area (Å²) in [6.45, 7) is 8.04. The summed E-state index contributed by atoms with van der Waals surface area (Å²) < 4.78 is 1.84. The molecule has 0 spiro atoms. The Hall–Kier alpha value is -1.42. The Kier molecular flexibility index (Phi) is 2.59. The molecule has 1 aliphatic rings. The summed E-state index contributed by atoms with van der Waals surface area (Å²) in [6.07, 6.45) is 5.81. The minimum atomic E-state index is 0.804. The van der Waals surface area contributed by atoms with Crippen LogP contribution >= 0.6 is 0 Å². The highest BCUT2D eigenvalue weighted by atomic mass is 15.2. The Morgan fingerprint density at radius 1 is 1.41 bits per heavy atom. The molecule has 0 atom stereocenters. The topological polar surface area (TPSA) is 33.4 Å². The number of fused-ring (bicyclic) bond motifs is 1. The van der Waals surface area contributed by atoms with Crippen LogP contribution < -0.4 is 0 Å². The molecule has 2 aromatic heterocycles. The van der Waals surface area contributed by atoms with Crippen molar-refractivity contribution in [2.75, 3.05) is 13.1 Å². The lowest BCUT2D eigenvalue weighted by Crippen LogP contribution is -2.48. The van der Waals surface area contributed by atoms with Crippen LogP contribution in [0.15, 0.2) is 24.7 Å². The van der Waals surface area contributed by atoms with E-state index in [9.17, 15) is 0 Å². The first kappa shape index (κ1) is 10.7. The molecule has 0 radical (unpaired) electrons. The highest BCUT2D eigenvalue weighted by Crippen LogP contribution is 2.24. The first-order valence-corrected chi connectivity index (χ1v) is 6.23. The number of nitrogens with zero attached hydrogens (tertiary/aromatic N) is 4. The van der Waals surface area contributed by atoms with E-state index in [0.717, 1.165) is 24.0 Å². The predicted molar refractivity (Wildman–Crippen MR) is 66.6 cm³/mol. The molecule has 2 aromatic rings. The predicted octanol–water partition coefficient (Wildman–Crippen LogP) is 1.82. The molecular formula is C13H18N4. The van der Waals surface area contributed by atoms with Gasteiger partial charge in [0, 0.05) is 43.7 Å². The zero-order valence-electron chi connectivity index (χ0n) is 10.4. The Morgan fingerprint density at radius 3 is 3.00 bits per heavy atom. The minimum Gasteiger partial charge on any atom is -0.298 e. The molecule has 0 aliphatic carbocycles. The van der Waals surface area contributed by atoms with Crippen molar-refractivity contribution < 1.29 is 0 Å². The van der Waals surface area contributed by atoms with Gasteiger partial charge in [-0.15, -0.1) is 0 Å². The van der Waals surface area contributed by atoms with Gasteiger partial charge in [-0.2, -0.15) is 5.10 Å². The number of likely N-dealkylation sites (tertiary alicyclic amines) is 1. The maximum Gasteiger partial charge on any atom is 0.154 e. The van der Waals surface area contributed by atoms with Crippen LogP contribution in [0.4, 0.5) is 0 Å². The fourth-order valence-electron chi connectivity index (χ4n) is 2.35.